The number of rotatable bonds is 2. The van der Waals surface area contributed by atoms with Gasteiger partial charge in [0.15, 0.2) is 0 Å². The van der Waals surface area contributed by atoms with Crippen LogP contribution < -0.4 is 10.6 Å². The van der Waals surface area contributed by atoms with Gasteiger partial charge >= 0.3 is 0 Å². The Morgan fingerprint density at radius 1 is 1.16 bits per heavy atom. The number of hydrogen-bond donors (Lipinski definition) is 2. The minimum Gasteiger partial charge on any atom is -0.378 e. The van der Waals surface area contributed by atoms with Crippen LogP contribution in [0.3, 0.4) is 0 Å². The fraction of sp³-hybridized carbons (Fsp3) is 0.250. The van der Waals surface area contributed by atoms with Crippen LogP contribution in [0.2, 0.25) is 10.0 Å². The van der Waals surface area contributed by atoms with Crippen molar-refractivity contribution in [1.82, 2.24) is 0 Å². The molecule has 0 fully saturated rings. The number of carbonyl (C=O) groups is 1. The summed E-state index contributed by atoms with van der Waals surface area (Å²) in [4.78, 5) is 11.3. The maximum Gasteiger partial charge on any atom is 0.221 e. The van der Waals surface area contributed by atoms with Crippen molar-refractivity contribution in [3.05, 3.63) is 69.7 Å². The number of halogens is 2. The van der Waals surface area contributed by atoms with Crippen LogP contribution in [0.25, 0.3) is 0 Å². The first-order valence-electron chi connectivity index (χ1n) is 8.32. The van der Waals surface area contributed by atoms with Crippen molar-refractivity contribution in [3.8, 4) is 0 Å². The number of carbonyl (C=O) groups excluding carboxylic acids is 1. The minimum absolute atomic E-state index is 0.0620. The molecule has 4 rings (SSSR count). The lowest BCUT2D eigenvalue weighted by Crippen LogP contribution is -2.29. The van der Waals surface area contributed by atoms with E-state index in [1.54, 1.807) is 6.07 Å². The average Bonchev–Trinajstić information content (AvgIpc) is 3.04. The van der Waals surface area contributed by atoms with Gasteiger partial charge in [-0.1, -0.05) is 41.4 Å². The predicted octanol–water partition coefficient (Wildman–Crippen LogP) is 5.78. The molecular weight excluding hydrogens is 355 g/mol. The van der Waals surface area contributed by atoms with Crippen molar-refractivity contribution in [1.29, 1.82) is 0 Å². The summed E-state index contributed by atoms with van der Waals surface area (Å²) >= 11 is 12.5. The minimum atomic E-state index is -0.0620. The molecule has 1 aliphatic carbocycles. The Labute approximate surface area is 157 Å². The summed E-state index contributed by atoms with van der Waals surface area (Å²) in [7, 11) is 0. The molecule has 5 heteroatoms. The maximum absolute atomic E-state index is 11.3. The number of amides is 1. The van der Waals surface area contributed by atoms with E-state index in [9.17, 15) is 4.79 Å². The van der Waals surface area contributed by atoms with E-state index in [0.29, 0.717) is 21.9 Å². The number of fused-ring (bicyclic) bond motifs is 3. The van der Waals surface area contributed by atoms with Crippen molar-refractivity contribution in [3.63, 3.8) is 0 Å². The highest BCUT2D eigenvalue weighted by atomic mass is 35.5. The van der Waals surface area contributed by atoms with Gasteiger partial charge in [-0.3, -0.25) is 4.79 Å². The monoisotopic (exact) mass is 372 g/mol. The smallest absolute Gasteiger partial charge is 0.221 e. The lowest BCUT2D eigenvalue weighted by atomic mass is 9.77. The maximum atomic E-state index is 11.3. The quantitative estimate of drug-likeness (QED) is 0.656. The molecule has 2 N–H and O–H groups in total. The summed E-state index contributed by atoms with van der Waals surface area (Å²) in [5.41, 5.74) is 4.20. The molecule has 0 saturated carbocycles. The molecule has 2 aromatic rings. The van der Waals surface area contributed by atoms with Gasteiger partial charge in [0.25, 0.3) is 0 Å². The van der Waals surface area contributed by atoms with Crippen LogP contribution in [0, 0.1) is 5.92 Å². The topological polar surface area (TPSA) is 41.1 Å². The van der Waals surface area contributed by atoms with E-state index < -0.39 is 0 Å². The second-order valence-corrected chi connectivity index (χ2v) is 7.47. The Morgan fingerprint density at radius 3 is 2.76 bits per heavy atom. The van der Waals surface area contributed by atoms with E-state index in [1.165, 1.54) is 12.5 Å². The summed E-state index contributed by atoms with van der Waals surface area (Å²) in [6.07, 6.45) is 5.48. The van der Waals surface area contributed by atoms with Crippen LogP contribution in [0.4, 0.5) is 11.4 Å². The molecule has 1 aliphatic heterocycles. The lowest BCUT2D eigenvalue weighted by molar-refractivity contribution is -0.114. The lowest BCUT2D eigenvalue weighted by Gasteiger charge is -2.38. The van der Waals surface area contributed by atoms with Crippen molar-refractivity contribution >= 4 is 40.5 Å². The molecule has 2 aromatic carbocycles. The van der Waals surface area contributed by atoms with Crippen LogP contribution in [-0.4, -0.2) is 5.91 Å². The van der Waals surface area contributed by atoms with Gasteiger partial charge < -0.3 is 10.6 Å². The van der Waals surface area contributed by atoms with Gasteiger partial charge in [-0.25, -0.2) is 0 Å². The molecule has 25 heavy (non-hydrogen) atoms. The Bertz CT molecular complexity index is 878. The molecule has 1 amide bonds. The molecule has 128 valence electrons. The first-order valence-corrected chi connectivity index (χ1v) is 9.08. The van der Waals surface area contributed by atoms with E-state index in [1.807, 2.05) is 24.3 Å². The molecule has 3 unspecified atom stereocenters. The summed E-state index contributed by atoms with van der Waals surface area (Å²) < 4.78 is 0. The fourth-order valence-corrected chi connectivity index (χ4v) is 4.46. The van der Waals surface area contributed by atoms with Crippen LogP contribution >= 0.6 is 23.2 Å². The number of nitrogens with one attached hydrogen (secondary N) is 2. The van der Waals surface area contributed by atoms with Crippen LogP contribution in [0.5, 0.6) is 0 Å². The molecule has 0 spiro atoms. The van der Waals surface area contributed by atoms with Gasteiger partial charge in [0.1, 0.15) is 0 Å². The Hall–Kier alpha value is -1.97. The molecular formula is C20H18Cl2N2O. The van der Waals surface area contributed by atoms with Crippen LogP contribution in [0.1, 0.15) is 36.4 Å². The zero-order valence-corrected chi connectivity index (χ0v) is 15.2. The number of benzene rings is 2. The van der Waals surface area contributed by atoms with Crippen LogP contribution in [-0.2, 0) is 4.79 Å². The molecule has 0 saturated heterocycles. The normalized spacial score (nSPS) is 23.6. The summed E-state index contributed by atoms with van der Waals surface area (Å²) in [5, 5.41) is 7.85. The van der Waals surface area contributed by atoms with E-state index in [4.69, 9.17) is 23.2 Å². The van der Waals surface area contributed by atoms with Crippen molar-refractivity contribution in [2.45, 2.75) is 25.3 Å². The zero-order valence-electron chi connectivity index (χ0n) is 13.7. The van der Waals surface area contributed by atoms with Gasteiger partial charge in [0, 0.05) is 34.3 Å². The van der Waals surface area contributed by atoms with E-state index in [-0.39, 0.29) is 11.9 Å². The third-order valence-corrected chi connectivity index (χ3v) is 5.54. The highest BCUT2D eigenvalue weighted by Gasteiger charge is 2.38. The average molecular weight is 373 g/mol. The standard InChI is InChI=1S/C20H18Cl2N2O/c1-11(25)23-13-6-8-19-17(10-13)14-3-2-4-15(14)20(24-19)16-7-5-12(21)9-18(16)22/h2-3,5-10,14-15,20,24H,4H2,1H3,(H,23,25). The molecule has 0 radical (unpaired) electrons. The van der Waals surface area contributed by atoms with Crippen molar-refractivity contribution < 1.29 is 4.79 Å². The summed E-state index contributed by atoms with van der Waals surface area (Å²) in [6.45, 7) is 1.52. The van der Waals surface area contributed by atoms with Crippen LogP contribution in [0.15, 0.2) is 48.6 Å². The summed E-state index contributed by atoms with van der Waals surface area (Å²) in [5.74, 6) is 0.633. The molecule has 0 bridgehead atoms. The van der Waals surface area contributed by atoms with E-state index >= 15 is 0 Å². The number of hydrogen-bond acceptors (Lipinski definition) is 2. The number of anilines is 2. The van der Waals surface area contributed by atoms with Crippen molar-refractivity contribution in [2.75, 3.05) is 10.6 Å². The first-order chi connectivity index (χ1) is 12.0. The first kappa shape index (κ1) is 16.5. The Balaban J connectivity index is 1.74. The molecule has 2 aliphatic rings. The summed E-state index contributed by atoms with van der Waals surface area (Å²) in [6, 6.07) is 11.8. The van der Waals surface area contributed by atoms with Gasteiger partial charge in [-0.2, -0.15) is 0 Å². The third kappa shape index (κ3) is 3.03. The van der Waals surface area contributed by atoms with Gasteiger partial charge in [0.05, 0.1) is 6.04 Å². The zero-order chi connectivity index (χ0) is 17.6. The highest BCUT2D eigenvalue weighted by molar-refractivity contribution is 6.35. The number of allylic oxidation sites excluding steroid dienone is 2. The predicted molar refractivity (Wildman–Crippen MR) is 104 cm³/mol. The second kappa shape index (κ2) is 6.40. The van der Waals surface area contributed by atoms with Gasteiger partial charge in [-0.15, -0.1) is 0 Å². The molecule has 1 heterocycles. The second-order valence-electron chi connectivity index (χ2n) is 6.62. The Morgan fingerprint density at radius 2 is 2.00 bits per heavy atom. The SMILES string of the molecule is CC(=O)Nc1ccc2c(c1)C1C=CCC1C(c1ccc(Cl)cc1Cl)N2. The molecule has 3 atom stereocenters. The molecule has 0 aromatic heterocycles. The van der Waals surface area contributed by atoms with Crippen molar-refractivity contribution in [2.24, 2.45) is 5.92 Å². The Kier molecular flexibility index (Phi) is 4.22. The fourth-order valence-electron chi connectivity index (χ4n) is 3.94. The highest BCUT2D eigenvalue weighted by Crippen LogP contribution is 2.51. The van der Waals surface area contributed by atoms with Gasteiger partial charge in [-0.05, 0) is 53.8 Å². The van der Waals surface area contributed by atoms with E-state index in [0.717, 1.165) is 23.4 Å². The van der Waals surface area contributed by atoms with Gasteiger partial charge in [0.2, 0.25) is 5.91 Å². The van der Waals surface area contributed by atoms with E-state index in [2.05, 4.69) is 28.9 Å². The largest absolute Gasteiger partial charge is 0.378 e. The third-order valence-electron chi connectivity index (χ3n) is 4.98. The molecule has 3 nitrogen and oxygen atoms in total.